The molecule has 0 spiro atoms. The molecule has 6 heteroatoms. The number of nitriles is 1. The van der Waals surface area contributed by atoms with Gasteiger partial charge in [-0.1, -0.05) is 20.8 Å². The van der Waals surface area contributed by atoms with Gasteiger partial charge in [0.2, 0.25) is 0 Å². The van der Waals surface area contributed by atoms with Crippen LogP contribution in [-0.4, -0.2) is 48.1 Å². The van der Waals surface area contributed by atoms with E-state index in [0.717, 1.165) is 31.2 Å². The first-order valence-corrected chi connectivity index (χ1v) is 10.0. The van der Waals surface area contributed by atoms with E-state index >= 15 is 0 Å². The lowest BCUT2D eigenvalue weighted by molar-refractivity contribution is 0.117. The Labute approximate surface area is 161 Å². The first-order chi connectivity index (χ1) is 12.8. The second-order valence-electron chi connectivity index (χ2n) is 9.10. The number of piperazine rings is 1. The molecule has 1 aliphatic heterocycles. The van der Waals surface area contributed by atoms with Gasteiger partial charge < -0.3 is 15.1 Å². The number of aromatic nitrogens is 1. The van der Waals surface area contributed by atoms with Crippen molar-refractivity contribution < 1.29 is 4.79 Å². The van der Waals surface area contributed by atoms with Gasteiger partial charge >= 0.3 is 6.03 Å². The summed E-state index contributed by atoms with van der Waals surface area (Å²) in [7, 11) is 0. The zero-order valence-corrected chi connectivity index (χ0v) is 16.5. The highest BCUT2D eigenvalue weighted by molar-refractivity contribution is 5.75. The SMILES string of the molecule is CC1(C)[C@H]2CC[C@@]1(C)[C@H](NC(=O)N1CCN(c3cc(C#N)ccn3)CC1)C2. The summed E-state index contributed by atoms with van der Waals surface area (Å²) >= 11 is 0. The molecule has 27 heavy (non-hydrogen) atoms. The molecule has 2 amide bonds. The van der Waals surface area contributed by atoms with Crippen molar-refractivity contribution in [1.29, 1.82) is 5.26 Å². The van der Waals surface area contributed by atoms with E-state index in [-0.39, 0.29) is 17.5 Å². The Balaban J connectivity index is 1.35. The van der Waals surface area contributed by atoms with Crippen LogP contribution in [0.2, 0.25) is 0 Å². The molecule has 2 bridgehead atoms. The van der Waals surface area contributed by atoms with Crippen molar-refractivity contribution in [3.8, 4) is 6.07 Å². The number of urea groups is 1. The van der Waals surface area contributed by atoms with E-state index in [1.165, 1.54) is 12.8 Å². The van der Waals surface area contributed by atoms with Crippen LogP contribution in [0.25, 0.3) is 0 Å². The van der Waals surface area contributed by atoms with Gasteiger partial charge in [0.25, 0.3) is 0 Å². The summed E-state index contributed by atoms with van der Waals surface area (Å²) in [5.74, 6) is 1.54. The van der Waals surface area contributed by atoms with Gasteiger partial charge in [0.05, 0.1) is 11.6 Å². The quantitative estimate of drug-likeness (QED) is 0.872. The summed E-state index contributed by atoms with van der Waals surface area (Å²) in [4.78, 5) is 21.3. The van der Waals surface area contributed by atoms with Gasteiger partial charge in [0.15, 0.2) is 0 Å². The summed E-state index contributed by atoms with van der Waals surface area (Å²) in [5, 5.41) is 12.4. The maximum Gasteiger partial charge on any atom is 0.317 e. The van der Waals surface area contributed by atoms with Gasteiger partial charge in [-0.3, -0.25) is 0 Å². The molecule has 3 atom stereocenters. The predicted octanol–water partition coefficient (Wildman–Crippen LogP) is 3.00. The lowest BCUT2D eigenvalue weighted by Crippen LogP contribution is -2.56. The molecule has 1 aromatic heterocycles. The third kappa shape index (κ3) is 2.84. The molecule has 1 saturated heterocycles. The van der Waals surface area contributed by atoms with Crippen LogP contribution in [0.5, 0.6) is 0 Å². The number of pyridine rings is 1. The van der Waals surface area contributed by atoms with Gasteiger partial charge in [-0.25, -0.2) is 9.78 Å². The van der Waals surface area contributed by atoms with E-state index < -0.39 is 0 Å². The zero-order valence-electron chi connectivity index (χ0n) is 16.5. The first-order valence-electron chi connectivity index (χ1n) is 10.0. The molecular weight excluding hydrogens is 338 g/mol. The van der Waals surface area contributed by atoms with Crippen LogP contribution in [-0.2, 0) is 0 Å². The fourth-order valence-electron chi connectivity index (χ4n) is 5.46. The molecule has 3 aliphatic rings. The maximum absolute atomic E-state index is 12.9. The standard InChI is InChI=1S/C21H29N5O/c1-20(2)16-4-6-21(20,3)17(13-16)24-19(27)26-10-8-25(9-11-26)18-12-15(14-22)5-7-23-18/h5,7,12,16-17H,4,6,8-11,13H2,1-3H3,(H,24,27)/t16-,17+,21-/m0/s1. The Morgan fingerprint density at radius 1 is 1.30 bits per heavy atom. The van der Waals surface area contributed by atoms with Crippen LogP contribution in [0.1, 0.15) is 45.6 Å². The van der Waals surface area contributed by atoms with Gasteiger partial charge in [-0.15, -0.1) is 0 Å². The van der Waals surface area contributed by atoms with E-state index in [2.05, 4.69) is 42.0 Å². The number of rotatable bonds is 2. The van der Waals surface area contributed by atoms with Crippen molar-refractivity contribution >= 4 is 11.8 Å². The molecule has 2 aliphatic carbocycles. The Bertz CT molecular complexity index is 777. The van der Waals surface area contributed by atoms with Crippen molar-refractivity contribution in [2.24, 2.45) is 16.7 Å². The summed E-state index contributed by atoms with van der Waals surface area (Å²) in [6.45, 7) is 9.95. The van der Waals surface area contributed by atoms with Gasteiger partial charge in [-0.05, 0) is 48.1 Å². The van der Waals surface area contributed by atoms with Gasteiger partial charge in [0, 0.05) is 38.4 Å². The van der Waals surface area contributed by atoms with E-state index in [0.29, 0.717) is 24.1 Å². The summed E-state index contributed by atoms with van der Waals surface area (Å²) < 4.78 is 0. The van der Waals surface area contributed by atoms with Crippen molar-refractivity contribution in [1.82, 2.24) is 15.2 Å². The molecule has 0 unspecified atom stereocenters. The van der Waals surface area contributed by atoms with Crippen molar-refractivity contribution in [2.75, 3.05) is 31.1 Å². The highest BCUT2D eigenvalue weighted by Crippen LogP contribution is 2.65. The largest absolute Gasteiger partial charge is 0.353 e. The number of hydrogen-bond donors (Lipinski definition) is 1. The molecule has 1 N–H and O–H groups in total. The minimum atomic E-state index is 0.0722. The number of hydrogen-bond acceptors (Lipinski definition) is 4. The maximum atomic E-state index is 12.9. The highest BCUT2D eigenvalue weighted by Gasteiger charge is 2.61. The number of carbonyl (C=O) groups is 1. The molecule has 6 nitrogen and oxygen atoms in total. The second-order valence-corrected chi connectivity index (χ2v) is 9.10. The minimum Gasteiger partial charge on any atom is -0.353 e. The molecule has 4 rings (SSSR count). The van der Waals surface area contributed by atoms with Crippen molar-refractivity contribution in [3.05, 3.63) is 23.9 Å². The number of fused-ring (bicyclic) bond motifs is 2. The second kappa shape index (κ2) is 6.40. The fraction of sp³-hybridized carbons (Fsp3) is 0.667. The van der Waals surface area contributed by atoms with E-state index in [1.54, 1.807) is 12.3 Å². The molecule has 3 fully saturated rings. The fourth-order valence-corrected chi connectivity index (χ4v) is 5.46. The monoisotopic (exact) mass is 367 g/mol. The van der Waals surface area contributed by atoms with Crippen molar-refractivity contribution in [2.45, 2.75) is 46.1 Å². The van der Waals surface area contributed by atoms with Crippen LogP contribution in [0.15, 0.2) is 18.3 Å². The van der Waals surface area contributed by atoms with Gasteiger partial charge in [-0.2, -0.15) is 5.26 Å². The molecule has 144 valence electrons. The first kappa shape index (κ1) is 18.1. The third-order valence-corrected chi connectivity index (χ3v) is 7.86. The van der Waals surface area contributed by atoms with E-state index in [1.807, 2.05) is 11.0 Å². The summed E-state index contributed by atoms with van der Waals surface area (Å²) in [5.41, 5.74) is 1.13. The Morgan fingerprint density at radius 3 is 2.63 bits per heavy atom. The number of anilines is 1. The van der Waals surface area contributed by atoms with E-state index in [4.69, 9.17) is 5.26 Å². The van der Waals surface area contributed by atoms with Crippen LogP contribution >= 0.6 is 0 Å². The van der Waals surface area contributed by atoms with Crippen LogP contribution < -0.4 is 10.2 Å². The summed E-state index contributed by atoms with van der Waals surface area (Å²) in [6.07, 6.45) is 5.29. The van der Waals surface area contributed by atoms with Crippen LogP contribution in [0.4, 0.5) is 10.6 Å². The zero-order chi connectivity index (χ0) is 19.2. The average molecular weight is 367 g/mol. The smallest absolute Gasteiger partial charge is 0.317 e. The topological polar surface area (TPSA) is 72.3 Å². The molecule has 1 aromatic rings. The molecule has 0 radical (unpaired) electrons. The average Bonchev–Trinajstić information content (AvgIpc) is 3.01. The third-order valence-electron chi connectivity index (χ3n) is 7.86. The number of nitrogens with one attached hydrogen (secondary N) is 1. The molecular formula is C21H29N5O. The Hall–Kier alpha value is -2.29. The summed E-state index contributed by atoms with van der Waals surface area (Å²) in [6, 6.07) is 6.04. The Kier molecular flexibility index (Phi) is 4.29. The minimum absolute atomic E-state index is 0.0722. The number of carbonyl (C=O) groups excluding carboxylic acids is 1. The van der Waals surface area contributed by atoms with Crippen LogP contribution in [0, 0.1) is 28.1 Å². The van der Waals surface area contributed by atoms with Crippen molar-refractivity contribution in [3.63, 3.8) is 0 Å². The molecule has 0 aromatic carbocycles. The lowest BCUT2D eigenvalue weighted by Gasteiger charge is -2.41. The molecule has 2 saturated carbocycles. The normalized spacial score (nSPS) is 31.6. The van der Waals surface area contributed by atoms with Gasteiger partial charge in [0.1, 0.15) is 5.82 Å². The highest BCUT2D eigenvalue weighted by atomic mass is 16.2. The Morgan fingerprint density at radius 2 is 2.04 bits per heavy atom. The number of amides is 2. The molecule has 2 heterocycles. The lowest BCUT2D eigenvalue weighted by atomic mass is 9.69. The van der Waals surface area contributed by atoms with Crippen LogP contribution in [0.3, 0.4) is 0 Å². The van der Waals surface area contributed by atoms with E-state index in [9.17, 15) is 4.79 Å². The predicted molar refractivity (Wildman–Crippen MR) is 104 cm³/mol. The number of nitrogens with zero attached hydrogens (tertiary/aromatic N) is 4.